The van der Waals surface area contributed by atoms with Crippen LogP contribution < -0.4 is 4.74 Å². The number of phenolic OH excluding ortho intramolecular Hbond substituents is 1. The van der Waals surface area contributed by atoms with Crippen LogP contribution in [-0.2, 0) is 11.3 Å². The van der Waals surface area contributed by atoms with Gasteiger partial charge in [0.1, 0.15) is 35.6 Å². The number of nitrogens with zero attached hydrogens (tertiary/aromatic N) is 5. The van der Waals surface area contributed by atoms with Gasteiger partial charge in [0.2, 0.25) is 0 Å². The molecule has 44 heavy (non-hydrogen) atoms. The highest BCUT2D eigenvalue weighted by Gasteiger charge is 2.49. The van der Waals surface area contributed by atoms with Crippen molar-refractivity contribution in [1.29, 1.82) is 0 Å². The summed E-state index contributed by atoms with van der Waals surface area (Å²) in [5, 5.41) is 11.4. The molecule has 2 aliphatic rings. The average Bonchev–Trinajstić information content (AvgIpc) is 3.70. The first-order chi connectivity index (χ1) is 21.3. The number of alkyl halides is 1. The van der Waals surface area contributed by atoms with Crippen LogP contribution in [-0.4, -0.2) is 68.0 Å². The Morgan fingerprint density at radius 2 is 2.07 bits per heavy atom. The van der Waals surface area contributed by atoms with E-state index in [1.54, 1.807) is 24.1 Å². The monoisotopic (exact) mass is 599 g/mol. The normalized spacial score (nSPS) is 19.9. The fraction of sp³-hybridized carbons (Fsp3) is 0.303. The first kappa shape index (κ1) is 28.1. The minimum Gasteiger partial charge on any atom is -0.508 e. The van der Waals surface area contributed by atoms with E-state index in [1.807, 2.05) is 6.07 Å². The van der Waals surface area contributed by atoms with Crippen LogP contribution in [0.5, 0.6) is 11.8 Å². The minimum atomic E-state index is -0.938. The van der Waals surface area contributed by atoms with Crippen molar-refractivity contribution in [1.82, 2.24) is 24.4 Å². The molecule has 7 rings (SSSR count). The molecule has 2 fully saturated rings. The first-order valence-electron chi connectivity index (χ1n) is 14.3. The van der Waals surface area contributed by atoms with Gasteiger partial charge in [-0.3, -0.25) is 9.88 Å². The quantitative estimate of drug-likeness (QED) is 0.240. The number of aromatic nitrogens is 4. The van der Waals surface area contributed by atoms with Gasteiger partial charge in [-0.15, -0.1) is 6.42 Å². The van der Waals surface area contributed by atoms with Crippen molar-refractivity contribution in [2.24, 2.45) is 0 Å². The molecular weight excluding hydrogens is 571 g/mol. The first-order valence-corrected chi connectivity index (χ1v) is 14.3. The predicted octanol–water partition coefficient (Wildman–Crippen LogP) is 5.70. The third-order valence-electron chi connectivity index (χ3n) is 8.64. The SMILES string of the molecule is C#Cc1c(F)ccc2cc(O)cc(-c3ncc4c(-n5ccc(COC)c5)nc(OC[C@@]56CCCN5C[C@H](F)C6)nc4c3F)c12. The molecule has 5 aromatic rings. The maximum Gasteiger partial charge on any atom is 0.319 e. The number of hydrogen-bond acceptors (Lipinski definition) is 7. The molecule has 5 heterocycles. The number of halogens is 3. The van der Waals surface area contributed by atoms with Gasteiger partial charge in [0.15, 0.2) is 11.6 Å². The van der Waals surface area contributed by atoms with E-state index in [4.69, 9.17) is 15.9 Å². The number of aromatic hydroxyl groups is 1. The van der Waals surface area contributed by atoms with Crippen molar-refractivity contribution >= 4 is 21.7 Å². The average molecular weight is 600 g/mol. The standard InChI is InChI=1S/C33H28F3N5O3/c1-3-23-26(35)6-5-20-11-22(42)12-24(27(20)23)29-28(36)30-25(14-37-29)31(40-10-7-19(15-40)17-43-2)39-32(38-30)44-18-33-8-4-9-41(33)16-21(34)13-33/h1,5-7,10-12,14-15,21,42H,4,8-9,13,16-18H2,2H3/t21-,33+/m1/s1. The zero-order chi connectivity index (χ0) is 30.6. The van der Waals surface area contributed by atoms with Crippen LogP contribution in [0.15, 0.2) is 48.9 Å². The maximum atomic E-state index is 16.6. The highest BCUT2D eigenvalue weighted by atomic mass is 19.1. The second-order valence-electron chi connectivity index (χ2n) is 11.4. The van der Waals surface area contributed by atoms with Gasteiger partial charge < -0.3 is 19.1 Å². The lowest BCUT2D eigenvalue weighted by molar-refractivity contribution is 0.107. The second-order valence-corrected chi connectivity index (χ2v) is 11.4. The number of benzene rings is 2. The summed E-state index contributed by atoms with van der Waals surface area (Å²) in [5.41, 5.74) is 0.158. The fourth-order valence-corrected chi connectivity index (χ4v) is 6.70. The lowest BCUT2D eigenvalue weighted by Gasteiger charge is -2.30. The molecule has 0 spiro atoms. The maximum absolute atomic E-state index is 16.6. The molecule has 224 valence electrons. The Morgan fingerprint density at radius 3 is 2.89 bits per heavy atom. The summed E-state index contributed by atoms with van der Waals surface area (Å²) in [7, 11) is 1.59. The lowest BCUT2D eigenvalue weighted by atomic mass is 9.95. The van der Waals surface area contributed by atoms with E-state index in [9.17, 15) is 13.9 Å². The van der Waals surface area contributed by atoms with Crippen LogP contribution in [0.2, 0.25) is 0 Å². The topological polar surface area (TPSA) is 85.5 Å². The molecule has 0 aliphatic carbocycles. The Balaban J connectivity index is 1.40. The van der Waals surface area contributed by atoms with Crippen LogP contribution in [0.25, 0.3) is 38.8 Å². The number of hydrogen-bond donors (Lipinski definition) is 1. The van der Waals surface area contributed by atoms with E-state index in [0.29, 0.717) is 30.8 Å². The van der Waals surface area contributed by atoms with Crippen molar-refractivity contribution in [2.75, 3.05) is 26.8 Å². The second kappa shape index (κ2) is 10.8. The number of ether oxygens (including phenoxy) is 2. The summed E-state index contributed by atoms with van der Waals surface area (Å²) in [6.45, 7) is 1.67. The van der Waals surface area contributed by atoms with Gasteiger partial charge in [-0.1, -0.05) is 12.0 Å². The highest BCUT2D eigenvalue weighted by Crippen LogP contribution is 2.41. The molecule has 2 aliphatic heterocycles. The molecule has 8 nitrogen and oxygen atoms in total. The number of pyridine rings is 1. The van der Waals surface area contributed by atoms with Crippen LogP contribution in [0.4, 0.5) is 13.2 Å². The van der Waals surface area contributed by atoms with E-state index < -0.39 is 23.3 Å². The van der Waals surface area contributed by atoms with Crippen molar-refractivity contribution < 1.29 is 27.8 Å². The van der Waals surface area contributed by atoms with Crippen molar-refractivity contribution in [3.63, 3.8) is 0 Å². The van der Waals surface area contributed by atoms with E-state index in [2.05, 4.69) is 25.8 Å². The summed E-state index contributed by atoms with van der Waals surface area (Å²) < 4.78 is 58.9. The van der Waals surface area contributed by atoms with Crippen LogP contribution >= 0.6 is 0 Å². The third kappa shape index (κ3) is 4.62. The number of fused-ring (bicyclic) bond motifs is 3. The minimum absolute atomic E-state index is 0.0766. The smallest absolute Gasteiger partial charge is 0.319 e. The lowest BCUT2D eigenvalue weighted by Crippen LogP contribution is -2.43. The van der Waals surface area contributed by atoms with Gasteiger partial charge in [-0.25, -0.2) is 13.2 Å². The number of terminal acetylenes is 1. The molecular formula is C33H28F3N5O3. The molecule has 0 saturated carbocycles. The molecule has 2 atom stereocenters. The highest BCUT2D eigenvalue weighted by molar-refractivity contribution is 6.02. The molecule has 0 radical (unpaired) electrons. The van der Waals surface area contributed by atoms with Crippen molar-refractivity contribution in [2.45, 2.75) is 37.6 Å². The number of phenols is 1. The zero-order valence-corrected chi connectivity index (χ0v) is 23.9. The van der Waals surface area contributed by atoms with Gasteiger partial charge >= 0.3 is 6.01 Å². The summed E-state index contributed by atoms with van der Waals surface area (Å²) in [6, 6.07) is 7.14. The van der Waals surface area contributed by atoms with Crippen LogP contribution in [0.1, 0.15) is 30.4 Å². The van der Waals surface area contributed by atoms with Gasteiger partial charge in [-0.05, 0) is 54.6 Å². The fourth-order valence-electron chi connectivity index (χ4n) is 6.70. The number of rotatable bonds is 7. The molecule has 1 N–H and O–H groups in total. The predicted molar refractivity (Wildman–Crippen MR) is 158 cm³/mol. The molecule has 3 aromatic heterocycles. The van der Waals surface area contributed by atoms with Crippen molar-refractivity contribution in [3.8, 4) is 41.2 Å². The summed E-state index contributed by atoms with van der Waals surface area (Å²) in [4.78, 5) is 15.6. The van der Waals surface area contributed by atoms with E-state index in [0.717, 1.165) is 24.9 Å². The molecule has 0 amide bonds. The summed E-state index contributed by atoms with van der Waals surface area (Å²) in [5.74, 6) is 1.01. The third-order valence-corrected chi connectivity index (χ3v) is 8.64. The van der Waals surface area contributed by atoms with Gasteiger partial charge in [0, 0.05) is 49.6 Å². The van der Waals surface area contributed by atoms with E-state index in [-0.39, 0.29) is 51.5 Å². The van der Waals surface area contributed by atoms with Gasteiger partial charge in [0.25, 0.3) is 0 Å². The molecule has 2 aromatic carbocycles. The van der Waals surface area contributed by atoms with E-state index >= 15 is 4.39 Å². The number of methoxy groups -OCH3 is 1. The Bertz CT molecular complexity index is 1970. The van der Waals surface area contributed by atoms with Gasteiger partial charge in [-0.2, -0.15) is 9.97 Å². The van der Waals surface area contributed by atoms with E-state index in [1.165, 1.54) is 30.5 Å². The van der Waals surface area contributed by atoms with Gasteiger partial charge in [0.05, 0.1) is 23.1 Å². The molecule has 2 saturated heterocycles. The Morgan fingerprint density at radius 1 is 1.20 bits per heavy atom. The molecule has 11 heteroatoms. The molecule has 0 unspecified atom stereocenters. The van der Waals surface area contributed by atoms with Crippen LogP contribution in [0.3, 0.4) is 0 Å². The van der Waals surface area contributed by atoms with Crippen molar-refractivity contribution in [3.05, 3.63) is 71.7 Å². The zero-order valence-electron chi connectivity index (χ0n) is 23.9. The largest absolute Gasteiger partial charge is 0.508 e. The molecule has 0 bridgehead atoms. The summed E-state index contributed by atoms with van der Waals surface area (Å²) >= 11 is 0. The summed E-state index contributed by atoms with van der Waals surface area (Å²) in [6.07, 6.45) is 11.8. The van der Waals surface area contributed by atoms with Crippen LogP contribution in [0, 0.1) is 24.0 Å². The Labute approximate surface area is 251 Å². The Hall–Kier alpha value is -4.66. The Kier molecular flexibility index (Phi) is 6.91.